The van der Waals surface area contributed by atoms with E-state index in [-0.39, 0.29) is 0 Å². The smallest absolute Gasteiger partial charge is 0.328 e. The molecule has 4 N–H and O–H groups in total. The van der Waals surface area contributed by atoms with Crippen LogP contribution in [-0.4, -0.2) is 53.4 Å². The molecular weight excluding hydrogens is 256 g/mol. The number of hydrogen-bond acceptors (Lipinski definition) is 4. The van der Waals surface area contributed by atoms with Gasteiger partial charge >= 0.3 is 12.0 Å². The molecule has 0 aliphatic heterocycles. The number of carbonyl (C=O) groups is 2. The quantitative estimate of drug-likeness (QED) is 0.440. The van der Waals surface area contributed by atoms with Crippen molar-refractivity contribution < 1.29 is 19.8 Å². The zero-order chi connectivity index (χ0) is 13.8. The second-order valence-electron chi connectivity index (χ2n) is 3.88. The van der Waals surface area contributed by atoms with E-state index in [9.17, 15) is 9.59 Å². The Morgan fingerprint density at radius 3 is 2.44 bits per heavy atom. The minimum absolute atomic E-state index is 0.517. The number of rotatable bonds is 10. The average molecular weight is 278 g/mol. The summed E-state index contributed by atoms with van der Waals surface area (Å²) in [6.45, 7) is -0.0969. The molecule has 0 aliphatic rings. The topological polar surface area (TPSA) is 98.7 Å². The number of urea groups is 1. The van der Waals surface area contributed by atoms with Crippen LogP contribution in [-0.2, 0) is 4.79 Å². The van der Waals surface area contributed by atoms with E-state index >= 15 is 0 Å². The summed E-state index contributed by atoms with van der Waals surface area (Å²) in [4.78, 5) is 21.8. The number of unbranched alkanes of at least 4 members (excludes halogenated alkanes) is 3. The Morgan fingerprint density at radius 2 is 1.89 bits per heavy atom. The molecule has 6 nitrogen and oxygen atoms in total. The average Bonchev–Trinajstić information content (AvgIpc) is 2.34. The van der Waals surface area contributed by atoms with Crippen molar-refractivity contribution in [2.45, 2.75) is 31.7 Å². The van der Waals surface area contributed by atoms with Crippen LogP contribution in [0.1, 0.15) is 25.7 Å². The third-order valence-electron chi connectivity index (χ3n) is 2.35. The molecule has 0 aromatic carbocycles. The Hall–Kier alpha value is -0.950. The summed E-state index contributed by atoms with van der Waals surface area (Å²) < 4.78 is 0. The molecule has 0 rings (SSSR count). The first-order valence-electron chi connectivity index (χ1n) is 5.98. The van der Waals surface area contributed by atoms with Crippen LogP contribution < -0.4 is 10.6 Å². The van der Waals surface area contributed by atoms with E-state index in [0.29, 0.717) is 6.54 Å². The standard InChI is InChI=1S/C11H22N2O4S/c1-18-7-5-3-2-4-6-12-11(17)13-9(8-14)10(15)16/h9,14H,2-8H2,1H3,(H,15,16)(H2,12,13,17)/t9-/m0/s1. The molecule has 0 saturated heterocycles. The first-order valence-corrected chi connectivity index (χ1v) is 7.38. The normalized spacial score (nSPS) is 11.9. The second-order valence-corrected chi connectivity index (χ2v) is 4.87. The van der Waals surface area contributed by atoms with Gasteiger partial charge in [0.25, 0.3) is 0 Å². The molecule has 0 bridgehead atoms. The minimum Gasteiger partial charge on any atom is -0.480 e. The summed E-state index contributed by atoms with van der Waals surface area (Å²) >= 11 is 1.82. The number of aliphatic hydroxyl groups is 1. The lowest BCUT2D eigenvalue weighted by Crippen LogP contribution is -2.48. The molecule has 2 amide bonds. The Kier molecular flexibility index (Phi) is 10.6. The van der Waals surface area contributed by atoms with Crippen LogP contribution in [0.5, 0.6) is 0 Å². The number of nitrogens with one attached hydrogen (secondary N) is 2. The molecule has 0 heterocycles. The van der Waals surface area contributed by atoms with Gasteiger partial charge in [-0.25, -0.2) is 9.59 Å². The van der Waals surface area contributed by atoms with E-state index in [1.54, 1.807) is 0 Å². The number of hydrogen-bond donors (Lipinski definition) is 4. The monoisotopic (exact) mass is 278 g/mol. The molecule has 0 radical (unpaired) electrons. The van der Waals surface area contributed by atoms with Crippen molar-refractivity contribution in [3.63, 3.8) is 0 Å². The van der Waals surface area contributed by atoms with Gasteiger partial charge in [0.05, 0.1) is 6.61 Å². The van der Waals surface area contributed by atoms with E-state index in [0.717, 1.165) is 25.0 Å². The largest absolute Gasteiger partial charge is 0.480 e. The first-order chi connectivity index (χ1) is 8.61. The fourth-order valence-corrected chi connectivity index (χ4v) is 1.81. The summed E-state index contributed by atoms with van der Waals surface area (Å²) in [5.74, 6) is -0.0882. The van der Waals surface area contributed by atoms with Gasteiger partial charge < -0.3 is 20.8 Å². The van der Waals surface area contributed by atoms with Gasteiger partial charge in [-0.2, -0.15) is 11.8 Å². The molecular formula is C11H22N2O4S. The highest BCUT2D eigenvalue weighted by Gasteiger charge is 2.17. The number of aliphatic hydroxyl groups excluding tert-OH is 1. The summed E-state index contributed by atoms with van der Waals surface area (Å²) in [6, 6.07) is -1.80. The van der Waals surface area contributed by atoms with E-state index in [1.807, 2.05) is 11.8 Å². The van der Waals surface area contributed by atoms with Crippen molar-refractivity contribution in [3.8, 4) is 0 Å². The van der Waals surface area contributed by atoms with Gasteiger partial charge in [0.1, 0.15) is 0 Å². The third-order valence-corrected chi connectivity index (χ3v) is 3.04. The van der Waals surface area contributed by atoms with Crippen LogP contribution in [0.3, 0.4) is 0 Å². The minimum atomic E-state index is -1.25. The Bertz CT molecular complexity index is 251. The van der Waals surface area contributed by atoms with Crippen LogP contribution in [0.4, 0.5) is 4.79 Å². The Balaban J connectivity index is 3.50. The molecule has 0 unspecified atom stereocenters. The highest BCUT2D eigenvalue weighted by atomic mass is 32.2. The van der Waals surface area contributed by atoms with Crippen LogP contribution in [0.2, 0.25) is 0 Å². The number of carbonyl (C=O) groups excluding carboxylic acids is 1. The van der Waals surface area contributed by atoms with Gasteiger partial charge in [-0.15, -0.1) is 0 Å². The van der Waals surface area contributed by atoms with E-state index < -0.39 is 24.6 Å². The van der Waals surface area contributed by atoms with Crippen LogP contribution in [0, 0.1) is 0 Å². The maximum atomic E-state index is 11.3. The van der Waals surface area contributed by atoms with Crippen molar-refractivity contribution >= 4 is 23.8 Å². The summed E-state index contributed by atoms with van der Waals surface area (Å²) in [6.07, 6.45) is 6.31. The maximum Gasteiger partial charge on any atom is 0.328 e. The summed E-state index contributed by atoms with van der Waals surface area (Å²) in [5.41, 5.74) is 0. The van der Waals surface area contributed by atoms with Gasteiger partial charge in [0.2, 0.25) is 0 Å². The number of aliphatic carboxylic acids is 1. The van der Waals surface area contributed by atoms with Crippen LogP contribution in [0.15, 0.2) is 0 Å². The molecule has 0 saturated carbocycles. The van der Waals surface area contributed by atoms with Gasteiger partial charge in [-0.3, -0.25) is 0 Å². The molecule has 0 aliphatic carbocycles. The highest BCUT2D eigenvalue weighted by Crippen LogP contribution is 2.03. The van der Waals surface area contributed by atoms with E-state index in [2.05, 4.69) is 16.9 Å². The van der Waals surface area contributed by atoms with Crippen molar-refractivity contribution in [1.29, 1.82) is 0 Å². The second kappa shape index (κ2) is 11.2. The van der Waals surface area contributed by atoms with E-state index in [1.165, 1.54) is 6.42 Å². The molecule has 7 heteroatoms. The Morgan fingerprint density at radius 1 is 1.22 bits per heavy atom. The SMILES string of the molecule is CSCCCCCCNC(=O)N[C@@H](CO)C(=O)O. The molecule has 18 heavy (non-hydrogen) atoms. The van der Waals surface area contributed by atoms with Crippen molar-refractivity contribution in [3.05, 3.63) is 0 Å². The van der Waals surface area contributed by atoms with Crippen molar-refractivity contribution in [2.75, 3.05) is 25.2 Å². The lowest BCUT2D eigenvalue weighted by molar-refractivity contribution is -0.140. The molecule has 106 valence electrons. The van der Waals surface area contributed by atoms with Gasteiger partial charge in [0.15, 0.2) is 6.04 Å². The van der Waals surface area contributed by atoms with Gasteiger partial charge in [0, 0.05) is 6.54 Å². The zero-order valence-corrected chi connectivity index (χ0v) is 11.5. The van der Waals surface area contributed by atoms with Gasteiger partial charge in [-0.1, -0.05) is 12.8 Å². The molecule has 1 atom stereocenters. The van der Waals surface area contributed by atoms with Crippen molar-refractivity contribution in [2.24, 2.45) is 0 Å². The lowest BCUT2D eigenvalue weighted by atomic mass is 10.2. The van der Waals surface area contributed by atoms with E-state index in [4.69, 9.17) is 10.2 Å². The van der Waals surface area contributed by atoms with Crippen molar-refractivity contribution in [1.82, 2.24) is 10.6 Å². The third kappa shape index (κ3) is 9.12. The number of carboxylic acid groups (broad SMARTS) is 1. The lowest BCUT2D eigenvalue weighted by Gasteiger charge is -2.12. The first kappa shape index (κ1) is 17.1. The van der Waals surface area contributed by atoms with Gasteiger partial charge in [-0.05, 0) is 24.9 Å². The summed E-state index contributed by atoms with van der Waals surface area (Å²) in [5, 5.41) is 22.1. The zero-order valence-electron chi connectivity index (χ0n) is 10.6. The number of thioether (sulfide) groups is 1. The fraction of sp³-hybridized carbons (Fsp3) is 0.818. The molecule has 0 aromatic heterocycles. The van der Waals surface area contributed by atoms with Crippen LogP contribution >= 0.6 is 11.8 Å². The molecule has 0 fully saturated rings. The molecule has 0 spiro atoms. The number of amides is 2. The van der Waals surface area contributed by atoms with Crippen LogP contribution in [0.25, 0.3) is 0 Å². The highest BCUT2D eigenvalue weighted by molar-refractivity contribution is 7.98. The molecule has 0 aromatic rings. The number of carboxylic acids is 1. The predicted octanol–water partition coefficient (Wildman–Crippen LogP) is 0.654. The fourth-order valence-electron chi connectivity index (χ4n) is 1.32. The predicted molar refractivity (Wildman–Crippen MR) is 71.9 cm³/mol. The summed E-state index contributed by atoms with van der Waals surface area (Å²) in [7, 11) is 0. The maximum absolute atomic E-state index is 11.3. The Labute approximate surface area is 112 Å².